The van der Waals surface area contributed by atoms with Gasteiger partial charge < -0.3 is 5.32 Å². The average Bonchev–Trinajstić information content (AvgIpc) is 2.13. The van der Waals surface area contributed by atoms with Gasteiger partial charge in [-0.2, -0.15) is 13.2 Å². The third-order valence-corrected chi connectivity index (χ3v) is 2.98. The molecular weight excluding hydrogens is 265 g/mol. The van der Waals surface area contributed by atoms with Crippen molar-refractivity contribution >= 4 is 17.4 Å². The predicted octanol–water partition coefficient (Wildman–Crippen LogP) is 4.60. The highest BCUT2D eigenvalue weighted by molar-refractivity contribution is 6.29. The van der Waals surface area contributed by atoms with Crippen molar-refractivity contribution in [1.29, 1.82) is 0 Å². The molecule has 0 aromatic carbocycles. The number of hydrogen-bond donors (Lipinski definition) is 1. The van der Waals surface area contributed by atoms with E-state index in [1.807, 2.05) is 27.7 Å². The lowest BCUT2D eigenvalue weighted by Crippen LogP contribution is -2.31. The summed E-state index contributed by atoms with van der Waals surface area (Å²) in [6, 6.07) is 1.74. The summed E-state index contributed by atoms with van der Waals surface area (Å²) in [6.07, 6.45) is -4.42. The third kappa shape index (κ3) is 4.05. The van der Waals surface area contributed by atoms with E-state index in [4.69, 9.17) is 11.6 Å². The Balaban J connectivity index is 3.01. The highest BCUT2D eigenvalue weighted by atomic mass is 35.5. The summed E-state index contributed by atoms with van der Waals surface area (Å²) in [7, 11) is 0. The van der Waals surface area contributed by atoms with Crippen LogP contribution in [-0.2, 0) is 6.18 Å². The second kappa shape index (κ2) is 4.96. The van der Waals surface area contributed by atoms with E-state index < -0.39 is 11.7 Å². The fourth-order valence-corrected chi connectivity index (χ4v) is 1.38. The zero-order valence-corrected chi connectivity index (χ0v) is 11.4. The van der Waals surface area contributed by atoms with Gasteiger partial charge in [-0.05, 0) is 24.5 Å². The largest absolute Gasteiger partial charge is 0.416 e. The van der Waals surface area contributed by atoms with Crippen molar-refractivity contribution in [3.63, 3.8) is 0 Å². The van der Waals surface area contributed by atoms with Gasteiger partial charge in [-0.25, -0.2) is 4.98 Å². The van der Waals surface area contributed by atoms with Crippen molar-refractivity contribution in [3.05, 3.63) is 22.8 Å². The van der Waals surface area contributed by atoms with Crippen LogP contribution in [0.3, 0.4) is 0 Å². The molecule has 0 amide bonds. The number of anilines is 1. The molecule has 1 atom stereocenters. The van der Waals surface area contributed by atoms with Crippen molar-refractivity contribution < 1.29 is 13.2 Å². The number of rotatable bonds is 2. The van der Waals surface area contributed by atoms with Crippen LogP contribution in [0.15, 0.2) is 12.1 Å². The summed E-state index contributed by atoms with van der Waals surface area (Å²) < 4.78 is 37.8. The van der Waals surface area contributed by atoms with Crippen LogP contribution in [0.25, 0.3) is 0 Å². The van der Waals surface area contributed by atoms with Crippen LogP contribution >= 0.6 is 11.6 Å². The van der Waals surface area contributed by atoms with Crippen LogP contribution in [0.2, 0.25) is 5.15 Å². The lowest BCUT2D eigenvalue weighted by molar-refractivity contribution is -0.137. The first-order valence-corrected chi connectivity index (χ1v) is 5.89. The van der Waals surface area contributed by atoms with Gasteiger partial charge in [0.25, 0.3) is 0 Å². The minimum absolute atomic E-state index is 0.0375. The van der Waals surface area contributed by atoms with Gasteiger partial charge in [0.1, 0.15) is 11.0 Å². The van der Waals surface area contributed by atoms with E-state index in [0.717, 1.165) is 12.1 Å². The van der Waals surface area contributed by atoms with E-state index in [2.05, 4.69) is 10.3 Å². The number of nitrogens with one attached hydrogen (secondary N) is 1. The first kappa shape index (κ1) is 15.1. The number of hydrogen-bond acceptors (Lipinski definition) is 2. The topological polar surface area (TPSA) is 24.9 Å². The first-order valence-electron chi connectivity index (χ1n) is 5.51. The SMILES string of the molecule is CC(Nc1cc(C(F)(F)F)cc(Cl)n1)C(C)(C)C. The standard InChI is InChI=1S/C12H16ClF3N2/c1-7(11(2,3)4)17-10-6-8(12(14,15)16)5-9(13)18-10/h5-7H,1-4H3,(H,17,18). The molecule has 18 heavy (non-hydrogen) atoms. The molecule has 0 aliphatic rings. The smallest absolute Gasteiger partial charge is 0.367 e. The maximum atomic E-state index is 12.6. The Bertz CT molecular complexity index is 424. The van der Waals surface area contributed by atoms with Crippen LogP contribution in [0.5, 0.6) is 0 Å². The van der Waals surface area contributed by atoms with E-state index in [1.165, 1.54) is 0 Å². The predicted molar refractivity (Wildman–Crippen MR) is 66.8 cm³/mol. The van der Waals surface area contributed by atoms with Gasteiger partial charge in [-0.15, -0.1) is 0 Å². The summed E-state index contributed by atoms with van der Waals surface area (Å²) in [5.74, 6) is 0.136. The maximum Gasteiger partial charge on any atom is 0.416 e. The summed E-state index contributed by atoms with van der Waals surface area (Å²) in [5, 5.41) is 2.77. The van der Waals surface area contributed by atoms with E-state index in [9.17, 15) is 13.2 Å². The second-order valence-corrected chi connectivity index (χ2v) is 5.68. The molecule has 1 aromatic rings. The molecular formula is C12H16ClF3N2. The normalized spacial score (nSPS) is 14.4. The number of nitrogens with zero attached hydrogens (tertiary/aromatic N) is 1. The summed E-state index contributed by atoms with van der Waals surface area (Å²) in [5.41, 5.74) is -0.895. The molecule has 1 unspecified atom stereocenters. The first-order chi connectivity index (χ1) is 8.00. The zero-order valence-electron chi connectivity index (χ0n) is 10.7. The molecule has 1 rings (SSSR count). The van der Waals surface area contributed by atoms with E-state index in [1.54, 1.807) is 0 Å². The fraction of sp³-hybridized carbons (Fsp3) is 0.583. The van der Waals surface area contributed by atoms with Crippen molar-refractivity contribution in [2.45, 2.75) is 39.9 Å². The summed E-state index contributed by atoms with van der Waals surface area (Å²) in [4.78, 5) is 3.86. The van der Waals surface area contributed by atoms with Crippen LogP contribution in [-0.4, -0.2) is 11.0 Å². The minimum atomic E-state index is -4.42. The Morgan fingerprint density at radius 3 is 2.22 bits per heavy atom. The van der Waals surface area contributed by atoms with E-state index >= 15 is 0 Å². The Hall–Kier alpha value is -0.970. The summed E-state index contributed by atoms with van der Waals surface area (Å²) >= 11 is 5.60. The monoisotopic (exact) mass is 280 g/mol. The van der Waals surface area contributed by atoms with Gasteiger partial charge >= 0.3 is 6.18 Å². The molecule has 0 aliphatic carbocycles. The van der Waals surface area contributed by atoms with Crippen LogP contribution in [0, 0.1) is 5.41 Å². The highest BCUT2D eigenvalue weighted by Gasteiger charge is 2.32. The molecule has 0 radical (unpaired) electrons. The minimum Gasteiger partial charge on any atom is -0.367 e. The molecule has 0 saturated heterocycles. The van der Waals surface area contributed by atoms with Gasteiger partial charge in [-0.1, -0.05) is 32.4 Å². The molecule has 0 bridgehead atoms. The number of aromatic nitrogens is 1. The Morgan fingerprint density at radius 2 is 1.78 bits per heavy atom. The second-order valence-electron chi connectivity index (χ2n) is 5.29. The zero-order chi connectivity index (χ0) is 14.1. The quantitative estimate of drug-likeness (QED) is 0.801. The van der Waals surface area contributed by atoms with E-state index in [-0.39, 0.29) is 22.4 Å². The Morgan fingerprint density at radius 1 is 1.22 bits per heavy atom. The van der Waals surface area contributed by atoms with Crippen LogP contribution in [0.1, 0.15) is 33.3 Å². The molecule has 6 heteroatoms. The molecule has 0 fully saturated rings. The van der Waals surface area contributed by atoms with Gasteiger partial charge in [0.15, 0.2) is 0 Å². The van der Waals surface area contributed by atoms with Gasteiger partial charge in [0.2, 0.25) is 0 Å². The molecule has 0 saturated carbocycles. The van der Waals surface area contributed by atoms with Crippen molar-refractivity contribution in [1.82, 2.24) is 4.98 Å². The highest BCUT2D eigenvalue weighted by Crippen LogP contribution is 2.32. The van der Waals surface area contributed by atoms with Gasteiger partial charge in [0.05, 0.1) is 5.56 Å². The van der Waals surface area contributed by atoms with Gasteiger partial charge in [0, 0.05) is 6.04 Å². The lowest BCUT2D eigenvalue weighted by Gasteiger charge is -2.28. The maximum absolute atomic E-state index is 12.6. The molecule has 2 nitrogen and oxygen atoms in total. The molecule has 1 heterocycles. The van der Waals surface area contributed by atoms with Crippen molar-refractivity contribution in [3.8, 4) is 0 Å². The van der Waals surface area contributed by atoms with Crippen LogP contribution < -0.4 is 5.32 Å². The average molecular weight is 281 g/mol. The molecule has 0 aliphatic heterocycles. The number of alkyl halides is 3. The van der Waals surface area contributed by atoms with Crippen LogP contribution in [0.4, 0.5) is 19.0 Å². The van der Waals surface area contributed by atoms with Crippen molar-refractivity contribution in [2.24, 2.45) is 5.41 Å². The Labute approximate surface area is 110 Å². The summed E-state index contributed by atoms with van der Waals surface area (Å²) in [6.45, 7) is 7.84. The Kier molecular flexibility index (Phi) is 4.15. The fourth-order valence-electron chi connectivity index (χ4n) is 1.17. The molecule has 102 valence electrons. The number of pyridine rings is 1. The lowest BCUT2D eigenvalue weighted by atomic mass is 9.88. The number of halogens is 4. The molecule has 1 N–H and O–H groups in total. The van der Waals surface area contributed by atoms with E-state index in [0.29, 0.717) is 0 Å². The van der Waals surface area contributed by atoms with Crippen molar-refractivity contribution in [2.75, 3.05) is 5.32 Å². The molecule has 0 spiro atoms. The third-order valence-electron chi connectivity index (χ3n) is 2.78. The van der Waals surface area contributed by atoms with Gasteiger partial charge in [-0.3, -0.25) is 0 Å². The molecule has 1 aromatic heterocycles.